The third kappa shape index (κ3) is 2.62. The Bertz CT molecular complexity index is 503. The molecule has 0 aliphatic heterocycles. The van der Waals surface area contributed by atoms with Crippen LogP contribution in [0.3, 0.4) is 0 Å². The maximum absolute atomic E-state index is 8.95. The number of nitrogens with zero attached hydrogens (tertiary/aromatic N) is 2. The molecule has 0 radical (unpaired) electrons. The first kappa shape index (κ1) is 10.7. The molecular weight excluding hydrogens is 216 g/mol. The first-order valence-corrected chi connectivity index (χ1v) is 5.89. The Morgan fingerprint density at radius 2 is 1.88 bits per heavy atom. The van der Waals surface area contributed by atoms with E-state index >= 15 is 0 Å². The van der Waals surface area contributed by atoms with Gasteiger partial charge in [-0.2, -0.15) is 5.26 Å². The number of thioether (sulfide) groups is 1. The number of aromatic nitrogens is 1. The van der Waals surface area contributed by atoms with E-state index in [4.69, 9.17) is 5.26 Å². The fourth-order valence-corrected chi connectivity index (χ4v) is 2.24. The molecule has 0 saturated carbocycles. The van der Waals surface area contributed by atoms with E-state index in [1.54, 1.807) is 24.2 Å². The predicted molar refractivity (Wildman–Crippen MR) is 65.0 cm³/mol. The molecule has 1 heterocycles. The number of benzene rings is 1. The molecule has 0 atom stereocenters. The van der Waals surface area contributed by atoms with E-state index in [-0.39, 0.29) is 0 Å². The smallest absolute Gasteiger partial charge is 0.0994 e. The Balaban J connectivity index is 2.09. The summed E-state index contributed by atoms with van der Waals surface area (Å²) in [6.07, 6.45) is 3.55. The van der Waals surface area contributed by atoms with Crippen LogP contribution in [0.5, 0.6) is 0 Å². The van der Waals surface area contributed by atoms with Crippen molar-refractivity contribution in [1.29, 1.82) is 5.26 Å². The minimum atomic E-state index is 0.754. The molecular formula is C13H10N2S. The van der Waals surface area contributed by atoms with Gasteiger partial charge in [0.05, 0.1) is 11.6 Å². The monoisotopic (exact) mass is 226 g/mol. The normalized spacial score (nSPS) is 9.69. The largest absolute Gasteiger partial charge is 0.265 e. The number of hydrogen-bond donors (Lipinski definition) is 0. The molecule has 0 unspecified atom stereocenters. The molecule has 1 aromatic carbocycles. The third-order valence-corrected chi connectivity index (χ3v) is 3.24. The lowest BCUT2D eigenvalue weighted by atomic mass is 10.1. The lowest BCUT2D eigenvalue weighted by molar-refractivity contribution is 1.26. The first-order valence-electron chi connectivity index (χ1n) is 4.91. The van der Waals surface area contributed by atoms with Gasteiger partial charge in [-0.05, 0) is 23.8 Å². The van der Waals surface area contributed by atoms with E-state index in [1.807, 2.05) is 36.4 Å². The summed E-state index contributed by atoms with van der Waals surface area (Å²) >= 11 is 1.71. The molecule has 0 aliphatic rings. The maximum atomic E-state index is 8.95. The number of pyridine rings is 1. The van der Waals surface area contributed by atoms with Gasteiger partial charge in [0.15, 0.2) is 0 Å². The number of rotatable bonds is 3. The molecule has 2 nitrogen and oxygen atoms in total. The summed E-state index contributed by atoms with van der Waals surface area (Å²) in [6, 6.07) is 13.8. The van der Waals surface area contributed by atoms with E-state index in [0.717, 1.165) is 16.9 Å². The summed E-state index contributed by atoms with van der Waals surface area (Å²) in [7, 11) is 0. The van der Waals surface area contributed by atoms with Crippen LogP contribution in [-0.4, -0.2) is 4.98 Å². The van der Waals surface area contributed by atoms with Crippen LogP contribution < -0.4 is 0 Å². The summed E-state index contributed by atoms with van der Waals surface area (Å²) in [5.41, 5.74) is 1.83. The second-order valence-electron chi connectivity index (χ2n) is 3.24. The van der Waals surface area contributed by atoms with Crippen molar-refractivity contribution < 1.29 is 0 Å². The second-order valence-corrected chi connectivity index (χ2v) is 4.29. The van der Waals surface area contributed by atoms with E-state index in [9.17, 15) is 0 Å². The zero-order valence-electron chi connectivity index (χ0n) is 8.63. The molecule has 0 aliphatic carbocycles. The summed E-state index contributed by atoms with van der Waals surface area (Å²) in [4.78, 5) is 5.14. The van der Waals surface area contributed by atoms with Crippen molar-refractivity contribution in [3.63, 3.8) is 0 Å². The van der Waals surface area contributed by atoms with Crippen molar-refractivity contribution in [2.45, 2.75) is 10.6 Å². The first-order chi connectivity index (χ1) is 7.90. The van der Waals surface area contributed by atoms with Crippen LogP contribution in [0.15, 0.2) is 53.7 Å². The minimum absolute atomic E-state index is 0.754. The van der Waals surface area contributed by atoms with Crippen molar-refractivity contribution in [3.8, 4) is 6.07 Å². The summed E-state index contributed by atoms with van der Waals surface area (Å²) < 4.78 is 0. The molecule has 0 fully saturated rings. The molecule has 78 valence electrons. The van der Waals surface area contributed by atoms with Crippen LogP contribution >= 0.6 is 11.8 Å². The van der Waals surface area contributed by atoms with E-state index in [0.29, 0.717) is 0 Å². The molecule has 3 heteroatoms. The van der Waals surface area contributed by atoms with Gasteiger partial charge in [-0.1, -0.05) is 18.2 Å². The Morgan fingerprint density at radius 1 is 1.12 bits per heavy atom. The van der Waals surface area contributed by atoms with Crippen LogP contribution in [-0.2, 0) is 5.75 Å². The predicted octanol–water partition coefficient (Wildman–Crippen LogP) is 3.25. The lowest BCUT2D eigenvalue weighted by Gasteiger charge is -2.03. The van der Waals surface area contributed by atoms with Crippen molar-refractivity contribution in [2.24, 2.45) is 0 Å². The fraction of sp³-hybridized carbons (Fsp3) is 0.0769. The van der Waals surface area contributed by atoms with Gasteiger partial charge < -0.3 is 0 Å². The van der Waals surface area contributed by atoms with Gasteiger partial charge in [0.1, 0.15) is 0 Å². The van der Waals surface area contributed by atoms with Crippen molar-refractivity contribution in [2.75, 3.05) is 0 Å². The molecule has 2 rings (SSSR count). The molecule has 0 spiro atoms. The molecule has 0 N–H and O–H groups in total. The van der Waals surface area contributed by atoms with Crippen LogP contribution in [0.4, 0.5) is 0 Å². The maximum Gasteiger partial charge on any atom is 0.0994 e. The highest BCUT2D eigenvalue weighted by Gasteiger charge is 2.01. The third-order valence-electron chi connectivity index (χ3n) is 2.18. The molecule has 0 saturated heterocycles. The van der Waals surface area contributed by atoms with Crippen molar-refractivity contribution in [3.05, 3.63) is 59.9 Å². The van der Waals surface area contributed by atoms with Gasteiger partial charge in [0, 0.05) is 23.0 Å². The molecule has 0 amide bonds. The van der Waals surface area contributed by atoms with Crippen LogP contribution in [0, 0.1) is 11.3 Å². The minimum Gasteiger partial charge on any atom is -0.265 e. The van der Waals surface area contributed by atoms with Gasteiger partial charge >= 0.3 is 0 Å². The standard InChI is InChI=1S/C13H10N2S/c14-9-11-3-1-2-4-12(11)10-16-13-5-7-15-8-6-13/h1-8H,10H2. The van der Waals surface area contributed by atoms with Crippen LogP contribution in [0.1, 0.15) is 11.1 Å². The highest BCUT2D eigenvalue weighted by molar-refractivity contribution is 7.98. The molecule has 1 aromatic heterocycles. The van der Waals surface area contributed by atoms with E-state index in [1.165, 1.54) is 4.90 Å². The second kappa shape index (κ2) is 5.34. The Labute approximate surface area is 99.0 Å². The van der Waals surface area contributed by atoms with E-state index in [2.05, 4.69) is 11.1 Å². The Morgan fingerprint density at radius 3 is 2.62 bits per heavy atom. The molecule has 0 bridgehead atoms. The van der Waals surface area contributed by atoms with Gasteiger partial charge in [-0.25, -0.2) is 0 Å². The average Bonchev–Trinajstić information content (AvgIpc) is 2.38. The van der Waals surface area contributed by atoms with Gasteiger partial charge in [0.2, 0.25) is 0 Å². The van der Waals surface area contributed by atoms with Gasteiger partial charge in [-0.15, -0.1) is 11.8 Å². The molecule has 2 aromatic rings. The lowest BCUT2D eigenvalue weighted by Crippen LogP contribution is -1.86. The zero-order valence-corrected chi connectivity index (χ0v) is 9.45. The zero-order chi connectivity index (χ0) is 11.2. The van der Waals surface area contributed by atoms with E-state index < -0.39 is 0 Å². The quantitative estimate of drug-likeness (QED) is 0.754. The Kier molecular flexibility index (Phi) is 3.58. The Hall–Kier alpha value is -1.79. The fourth-order valence-electron chi connectivity index (χ4n) is 1.35. The topological polar surface area (TPSA) is 36.7 Å². The van der Waals surface area contributed by atoms with Crippen LogP contribution in [0.2, 0.25) is 0 Å². The average molecular weight is 226 g/mol. The van der Waals surface area contributed by atoms with Crippen molar-refractivity contribution in [1.82, 2.24) is 4.98 Å². The highest BCUT2D eigenvalue weighted by atomic mass is 32.2. The summed E-state index contributed by atoms with van der Waals surface area (Å²) in [5, 5.41) is 8.95. The molecule has 16 heavy (non-hydrogen) atoms. The van der Waals surface area contributed by atoms with Gasteiger partial charge in [0.25, 0.3) is 0 Å². The van der Waals surface area contributed by atoms with Crippen molar-refractivity contribution >= 4 is 11.8 Å². The number of nitriles is 1. The number of hydrogen-bond acceptors (Lipinski definition) is 3. The summed E-state index contributed by atoms with van der Waals surface area (Å²) in [5.74, 6) is 0.813. The summed E-state index contributed by atoms with van der Waals surface area (Å²) in [6.45, 7) is 0. The van der Waals surface area contributed by atoms with Gasteiger partial charge in [-0.3, -0.25) is 4.98 Å². The SMILES string of the molecule is N#Cc1ccccc1CSc1ccncc1. The van der Waals surface area contributed by atoms with Crippen LogP contribution in [0.25, 0.3) is 0 Å². The highest BCUT2D eigenvalue weighted by Crippen LogP contribution is 2.23.